The van der Waals surface area contributed by atoms with Crippen molar-refractivity contribution >= 4 is 0 Å². The van der Waals surface area contributed by atoms with Crippen molar-refractivity contribution in [3.8, 4) is 0 Å². The molecule has 6 N–H and O–H groups in total. The molecule has 0 rings (SSSR count). The molecule has 2 atom stereocenters. The van der Waals surface area contributed by atoms with Gasteiger partial charge in [0.15, 0.2) is 0 Å². The van der Waals surface area contributed by atoms with Gasteiger partial charge in [-0.25, -0.2) is 0 Å². The summed E-state index contributed by atoms with van der Waals surface area (Å²) < 4.78 is 0. The molecule has 74 valence electrons. The van der Waals surface area contributed by atoms with Crippen molar-refractivity contribution in [2.24, 2.45) is 17.2 Å². The van der Waals surface area contributed by atoms with Crippen molar-refractivity contribution in [3.63, 3.8) is 0 Å². The third-order valence-electron chi connectivity index (χ3n) is 3.26. The summed E-state index contributed by atoms with van der Waals surface area (Å²) in [5, 5.41) is 0. The number of nitrogens with two attached hydrogens (primary N) is 3. The van der Waals surface area contributed by atoms with Crippen LogP contribution < -0.4 is 17.2 Å². The molecule has 3 nitrogen and oxygen atoms in total. The molecule has 12 heavy (non-hydrogen) atoms. The first-order chi connectivity index (χ1) is 5.06. The molecule has 0 aliphatic carbocycles. The predicted octanol–water partition coefficient (Wildman–Crippen LogP) is 0.569. The van der Waals surface area contributed by atoms with Crippen molar-refractivity contribution in [2.75, 3.05) is 0 Å². The summed E-state index contributed by atoms with van der Waals surface area (Å²) in [7, 11) is 0. The lowest BCUT2D eigenvalue weighted by Gasteiger charge is -2.49. The van der Waals surface area contributed by atoms with Gasteiger partial charge >= 0.3 is 0 Å². The van der Waals surface area contributed by atoms with Crippen LogP contribution in [-0.2, 0) is 0 Å². The van der Waals surface area contributed by atoms with Crippen LogP contribution in [-0.4, -0.2) is 16.6 Å². The second-order valence-electron chi connectivity index (χ2n) is 4.70. The molecule has 0 aliphatic heterocycles. The minimum Gasteiger partial charge on any atom is -0.324 e. The van der Waals surface area contributed by atoms with Crippen LogP contribution in [0.5, 0.6) is 0 Å². The first-order valence-electron chi connectivity index (χ1n) is 4.43. The van der Waals surface area contributed by atoms with Crippen molar-refractivity contribution in [1.82, 2.24) is 0 Å². The fraction of sp³-hybridized carbons (Fsp3) is 1.00. The molecule has 0 aromatic rings. The molecule has 0 bridgehead atoms. The smallest absolute Gasteiger partial charge is 0.0482 e. The molecule has 0 saturated carbocycles. The molecule has 0 spiro atoms. The van der Waals surface area contributed by atoms with Crippen molar-refractivity contribution < 1.29 is 0 Å². The van der Waals surface area contributed by atoms with Crippen LogP contribution in [0.2, 0.25) is 0 Å². The highest BCUT2D eigenvalue weighted by Gasteiger charge is 2.46. The van der Waals surface area contributed by atoms with Crippen molar-refractivity contribution in [2.45, 2.75) is 57.7 Å². The molecule has 0 radical (unpaired) electrons. The molecular weight excluding hydrogens is 150 g/mol. The van der Waals surface area contributed by atoms with E-state index in [1.807, 2.05) is 34.6 Å². The van der Waals surface area contributed by atoms with Gasteiger partial charge in [0.25, 0.3) is 0 Å². The maximum absolute atomic E-state index is 6.13. The molecule has 3 heteroatoms. The van der Waals surface area contributed by atoms with E-state index in [9.17, 15) is 0 Å². The minimum absolute atomic E-state index is 0.425. The van der Waals surface area contributed by atoms with Gasteiger partial charge < -0.3 is 17.2 Å². The van der Waals surface area contributed by atoms with E-state index in [1.54, 1.807) is 0 Å². The van der Waals surface area contributed by atoms with Gasteiger partial charge in [-0.2, -0.15) is 0 Å². The Bertz CT molecular complexity index is 154. The minimum atomic E-state index is -0.561. The van der Waals surface area contributed by atoms with Gasteiger partial charge in [0.2, 0.25) is 0 Å². The van der Waals surface area contributed by atoms with Crippen LogP contribution in [0.15, 0.2) is 0 Å². The van der Waals surface area contributed by atoms with Crippen LogP contribution in [0, 0.1) is 0 Å². The van der Waals surface area contributed by atoms with E-state index in [4.69, 9.17) is 17.2 Å². The lowest BCUT2D eigenvalue weighted by molar-refractivity contribution is 0.159. The average Bonchev–Trinajstić information content (AvgIpc) is 1.85. The Kier molecular flexibility index (Phi) is 2.95. The van der Waals surface area contributed by atoms with Gasteiger partial charge in [-0.3, -0.25) is 0 Å². The van der Waals surface area contributed by atoms with Gasteiger partial charge in [-0.15, -0.1) is 0 Å². The van der Waals surface area contributed by atoms with Crippen LogP contribution in [0.25, 0.3) is 0 Å². The number of hydrogen-bond acceptors (Lipinski definition) is 3. The van der Waals surface area contributed by atoms with E-state index in [1.165, 1.54) is 0 Å². The molecule has 0 aliphatic rings. The highest BCUT2D eigenvalue weighted by atomic mass is 15.0. The first-order valence-corrected chi connectivity index (χ1v) is 4.43. The fourth-order valence-corrected chi connectivity index (χ4v) is 1.10. The van der Waals surface area contributed by atoms with Crippen molar-refractivity contribution in [1.29, 1.82) is 0 Å². The third kappa shape index (κ3) is 1.79. The highest BCUT2D eigenvalue weighted by Crippen LogP contribution is 2.28. The SMILES string of the molecule is CCC(C)(N)C(C)(N)C(C)(C)N. The van der Waals surface area contributed by atoms with Gasteiger partial charge in [-0.05, 0) is 34.1 Å². The topological polar surface area (TPSA) is 78.1 Å². The van der Waals surface area contributed by atoms with E-state index >= 15 is 0 Å². The van der Waals surface area contributed by atoms with E-state index in [2.05, 4.69) is 0 Å². The molecule has 0 saturated heterocycles. The van der Waals surface area contributed by atoms with Gasteiger partial charge in [0, 0.05) is 16.6 Å². The Morgan fingerprint density at radius 3 is 1.33 bits per heavy atom. The van der Waals surface area contributed by atoms with Crippen LogP contribution in [0.4, 0.5) is 0 Å². The lowest BCUT2D eigenvalue weighted by Crippen LogP contribution is -2.74. The standard InChI is InChI=1S/C9H23N3/c1-6-8(4,11)9(5,12)7(2,3)10/h6,10-12H2,1-5H3. The molecule has 0 heterocycles. The van der Waals surface area contributed by atoms with E-state index in [0.29, 0.717) is 0 Å². The van der Waals surface area contributed by atoms with Gasteiger partial charge in [0.05, 0.1) is 0 Å². The van der Waals surface area contributed by atoms with E-state index < -0.39 is 16.6 Å². The van der Waals surface area contributed by atoms with E-state index in [0.717, 1.165) is 6.42 Å². The molecule has 0 aromatic carbocycles. The normalized spacial score (nSPS) is 23.0. The summed E-state index contributed by atoms with van der Waals surface area (Å²) in [5.41, 5.74) is 16.7. The Labute approximate surface area is 75.7 Å². The zero-order chi connectivity index (χ0) is 10.2. The largest absolute Gasteiger partial charge is 0.324 e. The molecule has 0 amide bonds. The Hall–Kier alpha value is -0.120. The van der Waals surface area contributed by atoms with E-state index in [-0.39, 0.29) is 0 Å². The second-order valence-corrected chi connectivity index (χ2v) is 4.70. The van der Waals surface area contributed by atoms with Crippen LogP contribution in [0.3, 0.4) is 0 Å². The zero-order valence-corrected chi connectivity index (χ0v) is 8.94. The lowest BCUT2D eigenvalue weighted by atomic mass is 9.68. The highest BCUT2D eigenvalue weighted by molar-refractivity contribution is 5.11. The second kappa shape index (κ2) is 2.98. The Morgan fingerprint density at radius 2 is 1.25 bits per heavy atom. The summed E-state index contributed by atoms with van der Waals surface area (Å²) in [6, 6.07) is 0. The van der Waals surface area contributed by atoms with Crippen molar-refractivity contribution in [3.05, 3.63) is 0 Å². The predicted molar refractivity (Wildman–Crippen MR) is 53.7 cm³/mol. The van der Waals surface area contributed by atoms with Gasteiger partial charge in [0.1, 0.15) is 0 Å². The molecular formula is C9H23N3. The first kappa shape index (κ1) is 11.9. The number of hydrogen-bond donors (Lipinski definition) is 3. The number of rotatable bonds is 3. The summed E-state index contributed by atoms with van der Waals surface area (Å²) >= 11 is 0. The maximum Gasteiger partial charge on any atom is 0.0482 e. The summed E-state index contributed by atoms with van der Waals surface area (Å²) in [5.74, 6) is 0. The maximum atomic E-state index is 6.13. The summed E-state index contributed by atoms with van der Waals surface area (Å²) in [4.78, 5) is 0. The average molecular weight is 173 g/mol. The van der Waals surface area contributed by atoms with Crippen LogP contribution in [0.1, 0.15) is 41.0 Å². The van der Waals surface area contributed by atoms with Gasteiger partial charge in [-0.1, -0.05) is 6.92 Å². The zero-order valence-electron chi connectivity index (χ0n) is 8.94. The summed E-state index contributed by atoms with van der Waals surface area (Å²) in [6.45, 7) is 9.70. The third-order valence-corrected chi connectivity index (χ3v) is 3.26. The molecule has 0 fully saturated rings. The molecule has 2 unspecified atom stereocenters. The Morgan fingerprint density at radius 1 is 0.917 bits per heavy atom. The Balaban J connectivity index is 4.85. The monoisotopic (exact) mass is 173 g/mol. The molecule has 0 aromatic heterocycles. The quantitative estimate of drug-likeness (QED) is 0.584. The van der Waals surface area contributed by atoms with Crippen LogP contribution >= 0.6 is 0 Å². The fourth-order valence-electron chi connectivity index (χ4n) is 1.10. The summed E-state index contributed by atoms with van der Waals surface area (Å²) in [6.07, 6.45) is 0.820.